The van der Waals surface area contributed by atoms with Crippen molar-refractivity contribution in [2.45, 2.75) is 51.1 Å². The van der Waals surface area contributed by atoms with Crippen molar-refractivity contribution in [3.05, 3.63) is 53.7 Å². The van der Waals surface area contributed by atoms with Crippen LogP contribution in [0.2, 0.25) is 0 Å². The quantitative estimate of drug-likeness (QED) is 0.336. The first kappa shape index (κ1) is 26.6. The molecule has 8 nitrogen and oxygen atoms in total. The van der Waals surface area contributed by atoms with Crippen molar-refractivity contribution < 1.29 is 27.4 Å². The summed E-state index contributed by atoms with van der Waals surface area (Å²) in [4.78, 5) is 19.8. The number of nitrogens with one attached hydrogen (secondary N) is 2. The molecule has 1 aliphatic carbocycles. The Morgan fingerprint density at radius 3 is 2.68 bits per heavy atom. The van der Waals surface area contributed by atoms with E-state index >= 15 is 0 Å². The van der Waals surface area contributed by atoms with Gasteiger partial charge in [-0.1, -0.05) is 32.1 Å². The van der Waals surface area contributed by atoms with E-state index in [0.29, 0.717) is 37.1 Å². The molecule has 1 amide bonds. The number of benzene rings is 1. The lowest BCUT2D eigenvalue weighted by molar-refractivity contribution is -0.137. The van der Waals surface area contributed by atoms with Crippen LogP contribution in [0, 0.1) is 5.92 Å². The fraction of sp³-hybridized carbons (Fsp3) is 0.462. The van der Waals surface area contributed by atoms with E-state index in [4.69, 9.17) is 9.47 Å². The molecule has 0 saturated heterocycles. The maximum absolute atomic E-state index is 13.8. The molecule has 0 atom stereocenters. The molecule has 0 radical (unpaired) electrons. The Kier molecular flexibility index (Phi) is 8.75. The number of halogens is 3. The van der Waals surface area contributed by atoms with Crippen molar-refractivity contribution >= 4 is 11.7 Å². The first-order chi connectivity index (χ1) is 17.8. The van der Waals surface area contributed by atoms with Gasteiger partial charge in [-0.05, 0) is 47.4 Å². The third-order valence-corrected chi connectivity index (χ3v) is 6.33. The summed E-state index contributed by atoms with van der Waals surface area (Å²) in [5.41, 5.74) is -0.664. The Hall–Kier alpha value is -3.47. The molecular formula is C26H30F3N5O3. The molecule has 1 aromatic carbocycles. The number of ether oxygens (including phenoxy) is 2. The van der Waals surface area contributed by atoms with Crippen molar-refractivity contribution in [1.29, 1.82) is 0 Å². The monoisotopic (exact) mass is 517 g/mol. The highest BCUT2D eigenvalue weighted by Gasteiger charge is 2.34. The number of alkyl halides is 3. The largest absolute Gasteiger partial charge is 0.493 e. The molecule has 2 aromatic heterocycles. The predicted molar refractivity (Wildman–Crippen MR) is 131 cm³/mol. The van der Waals surface area contributed by atoms with Crippen LogP contribution >= 0.6 is 0 Å². The highest BCUT2D eigenvalue weighted by atomic mass is 19.4. The highest BCUT2D eigenvalue weighted by molar-refractivity contribution is 6.01. The van der Waals surface area contributed by atoms with Crippen LogP contribution in [0.15, 0.2) is 36.5 Å². The minimum Gasteiger partial charge on any atom is -0.493 e. The normalized spacial score (nSPS) is 14.5. The summed E-state index contributed by atoms with van der Waals surface area (Å²) in [5, 5.41) is 10.6. The van der Waals surface area contributed by atoms with Crippen LogP contribution in [0.5, 0.6) is 5.75 Å². The van der Waals surface area contributed by atoms with Crippen LogP contribution in [0.3, 0.4) is 0 Å². The molecule has 11 heteroatoms. The summed E-state index contributed by atoms with van der Waals surface area (Å²) in [6.45, 7) is 0.782. The number of aromatic amines is 1. The first-order valence-corrected chi connectivity index (χ1v) is 12.4. The summed E-state index contributed by atoms with van der Waals surface area (Å²) in [5.74, 6) is 1.02. The van der Waals surface area contributed by atoms with Gasteiger partial charge in [-0.15, -0.1) is 10.2 Å². The second kappa shape index (κ2) is 12.2. The topological polar surface area (TPSA) is 102 Å². The van der Waals surface area contributed by atoms with Gasteiger partial charge in [-0.3, -0.25) is 4.79 Å². The minimum absolute atomic E-state index is 0.0282. The third-order valence-electron chi connectivity index (χ3n) is 6.33. The van der Waals surface area contributed by atoms with Gasteiger partial charge in [0.2, 0.25) is 5.82 Å². The SMILES string of the molecule is COCCCOc1ccc(C(F)(F)F)c(-c2ccnc(NC(=O)c3nnc(CC4CCCCC4)[nH]3)c2)c1. The fourth-order valence-corrected chi connectivity index (χ4v) is 4.49. The maximum Gasteiger partial charge on any atom is 0.417 e. The summed E-state index contributed by atoms with van der Waals surface area (Å²) in [6, 6.07) is 6.45. The van der Waals surface area contributed by atoms with Gasteiger partial charge in [0, 0.05) is 32.8 Å². The number of carbonyl (C=O) groups excluding carboxylic acids is 1. The number of hydrogen-bond donors (Lipinski definition) is 2. The van der Waals surface area contributed by atoms with Crippen LogP contribution in [0.25, 0.3) is 11.1 Å². The molecule has 0 spiro atoms. The van der Waals surface area contributed by atoms with Crippen molar-refractivity contribution in [2.24, 2.45) is 5.92 Å². The van der Waals surface area contributed by atoms with E-state index in [9.17, 15) is 18.0 Å². The van der Waals surface area contributed by atoms with E-state index in [0.717, 1.165) is 25.3 Å². The first-order valence-electron chi connectivity index (χ1n) is 12.4. The Morgan fingerprint density at radius 1 is 1.11 bits per heavy atom. The molecule has 37 heavy (non-hydrogen) atoms. The lowest BCUT2D eigenvalue weighted by Crippen LogP contribution is -2.15. The van der Waals surface area contributed by atoms with Gasteiger partial charge in [-0.25, -0.2) is 4.98 Å². The van der Waals surface area contributed by atoms with E-state index in [-0.39, 0.29) is 22.8 Å². The maximum atomic E-state index is 13.8. The minimum atomic E-state index is -4.58. The molecule has 2 N–H and O–H groups in total. The van der Waals surface area contributed by atoms with Crippen LogP contribution in [0.4, 0.5) is 19.0 Å². The summed E-state index contributed by atoms with van der Waals surface area (Å²) in [7, 11) is 1.56. The molecule has 0 aliphatic heterocycles. The zero-order chi connectivity index (χ0) is 26.3. The van der Waals surface area contributed by atoms with Crippen LogP contribution in [-0.2, 0) is 17.3 Å². The molecule has 3 aromatic rings. The predicted octanol–water partition coefficient (Wildman–Crippen LogP) is 5.68. The Morgan fingerprint density at radius 2 is 1.92 bits per heavy atom. The Balaban J connectivity index is 1.49. The van der Waals surface area contributed by atoms with E-state index in [1.807, 2.05) is 0 Å². The molecule has 198 valence electrons. The fourth-order valence-electron chi connectivity index (χ4n) is 4.49. The van der Waals surface area contributed by atoms with Gasteiger partial charge in [0.1, 0.15) is 17.4 Å². The number of pyridine rings is 1. The molecule has 4 rings (SSSR count). The molecular weight excluding hydrogens is 487 g/mol. The number of anilines is 1. The zero-order valence-corrected chi connectivity index (χ0v) is 20.6. The molecule has 2 heterocycles. The average Bonchev–Trinajstić information content (AvgIpc) is 3.35. The van der Waals surface area contributed by atoms with Crippen molar-refractivity contribution in [1.82, 2.24) is 20.2 Å². The highest BCUT2D eigenvalue weighted by Crippen LogP contribution is 2.39. The van der Waals surface area contributed by atoms with Crippen LogP contribution in [0.1, 0.15) is 60.5 Å². The Labute approximate surface area is 213 Å². The smallest absolute Gasteiger partial charge is 0.417 e. The molecule has 0 bridgehead atoms. The van der Waals surface area contributed by atoms with Gasteiger partial charge in [0.05, 0.1) is 12.2 Å². The number of rotatable bonds is 10. The van der Waals surface area contributed by atoms with E-state index in [1.54, 1.807) is 7.11 Å². The molecule has 0 unspecified atom stereocenters. The van der Waals surface area contributed by atoms with Gasteiger partial charge in [-0.2, -0.15) is 13.2 Å². The van der Waals surface area contributed by atoms with Crippen molar-refractivity contribution in [3.63, 3.8) is 0 Å². The second-order valence-corrected chi connectivity index (χ2v) is 9.11. The zero-order valence-electron chi connectivity index (χ0n) is 20.6. The summed E-state index contributed by atoms with van der Waals surface area (Å²) < 4.78 is 51.8. The number of amides is 1. The number of methoxy groups -OCH3 is 1. The van der Waals surface area contributed by atoms with Crippen molar-refractivity contribution in [2.75, 3.05) is 25.6 Å². The second-order valence-electron chi connectivity index (χ2n) is 9.11. The van der Waals surface area contributed by atoms with Crippen molar-refractivity contribution in [3.8, 4) is 16.9 Å². The van der Waals surface area contributed by atoms with Crippen LogP contribution in [-0.4, -0.2) is 46.4 Å². The van der Waals surface area contributed by atoms with Gasteiger partial charge < -0.3 is 19.8 Å². The average molecular weight is 518 g/mol. The Bertz CT molecular complexity index is 1190. The number of carbonyl (C=O) groups is 1. The lowest BCUT2D eigenvalue weighted by atomic mass is 9.87. The van der Waals surface area contributed by atoms with E-state index < -0.39 is 17.6 Å². The summed E-state index contributed by atoms with van der Waals surface area (Å²) >= 11 is 0. The number of aromatic nitrogens is 4. The number of H-pyrrole nitrogens is 1. The molecule has 1 saturated carbocycles. The summed E-state index contributed by atoms with van der Waals surface area (Å²) in [6.07, 6.45) is 4.02. The van der Waals surface area contributed by atoms with Gasteiger partial charge >= 0.3 is 6.18 Å². The van der Waals surface area contributed by atoms with Crippen LogP contribution < -0.4 is 10.1 Å². The molecule has 1 fully saturated rings. The third kappa shape index (κ3) is 7.28. The number of nitrogens with zero attached hydrogens (tertiary/aromatic N) is 3. The standard InChI is InChI=1S/C26H30F3N5O3/c1-36-12-5-13-37-19-8-9-21(26(27,28)29)20(16-19)18-10-11-30-22(15-18)32-25(35)24-31-23(33-34-24)14-17-6-3-2-4-7-17/h8-11,15-17H,2-7,12-14H2,1H3,(H,30,32,35)(H,31,33,34). The number of hydrogen-bond acceptors (Lipinski definition) is 6. The van der Waals surface area contributed by atoms with E-state index in [1.165, 1.54) is 49.7 Å². The van der Waals surface area contributed by atoms with Gasteiger partial charge in [0.25, 0.3) is 5.91 Å². The van der Waals surface area contributed by atoms with Gasteiger partial charge in [0.15, 0.2) is 0 Å². The lowest BCUT2D eigenvalue weighted by Gasteiger charge is -2.19. The van der Waals surface area contributed by atoms with E-state index in [2.05, 4.69) is 25.5 Å². The molecule has 1 aliphatic rings.